The summed E-state index contributed by atoms with van der Waals surface area (Å²) < 4.78 is 29.9. The molecule has 8 heteroatoms. The van der Waals surface area contributed by atoms with Crippen LogP contribution in [0.15, 0.2) is 71.6 Å². The van der Waals surface area contributed by atoms with Crippen molar-refractivity contribution in [3.63, 3.8) is 0 Å². The Labute approximate surface area is 180 Å². The van der Waals surface area contributed by atoms with Crippen LogP contribution in [0, 0.1) is 13.8 Å². The maximum atomic E-state index is 13.0. The number of aromatic nitrogens is 2. The van der Waals surface area contributed by atoms with E-state index in [0.29, 0.717) is 21.7 Å². The molecule has 4 rings (SSSR count). The van der Waals surface area contributed by atoms with E-state index >= 15 is 0 Å². The normalized spacial score (nSPS) is 11.4. The van der Waals surface area contributed by atoms with Crippen LogP contribution < -0.4 is 5.32 Å². The maximum absolute atomic E-state index is 13.0. The standard InChI is InChI=1S/C22H18ClN4O2S/c1-14-7-12-18(13-15(14)2)30(28,29)27-22-21(24-17-10-8-16(23)9-11-17)25-19-5-3-4-6-20(19)26-22/h3-13H,1-2H3,(H-,24,25,26,27)/q-1. The van der Waals surface area contributed by atoms with E-state index in [2.05, 4.69) is 20.0 Å². The zero-order valence-corrected chi connectivity index (χ0v) is 17.9. The minimum atomic E-state index is -3.98. The van der Waals surface area contributed by atoms with Crippen molar-refractivity contribution in [3.8, 4) is 0 Å². The fourth-order valence-electron chi connectivity index (χ4n) is 2.85. The Morgan fingerprint density at radius 2 is 1.53 bits per heavy atom. The Hall–Kier alpha value is -3.16. The minimum absolute atomic E-state index is 0.0121. The zero-order valence-electron chi connectivity index (χ0n) is 16.3. The van der Waals surface area contributed by atoms with Crippen molar-refractivity contribution in [1.82, 2.24) is 9.97 Å². The van der Waals surface area contributed by atoms with E-state index in [1.807, 2.05) is 26.0 Å². The first-order valence-corrected chi connectivity index (χ1v) is 11.0. The van der Waals surface area contributed by atoms with Gasteiger partial charge in [-0.15, -0.1) is 0 Å². The lowest BCUT2D eigenvalue weighted by Crippen LogP contribution is -2.03. The number of rotatable bonds is 5. The average Bonchev–Trinajstić information content (AvgIpc) is 2.72. The van der Waals surface area contributed by atoms with Gasteiger partial charge in [0.1, 0.15) is 5.82 Å². The second-order valence-electron chi connectivity index (χ2n) is 6.83. The van der Waals surface area contributed by atoms with Gasteiger partial charge in [0.25, 0.3) is 0 Å². The van der Waals surface area contributed by atoms with Gasteiger partial charge >= 0.3 is 0 Å². The molecule has 1 N–H and O–H groups in total. The predicted octanol–water partition coefficient (Wildman–Crippen LogP) is 6.04. The van der Waals surface area contributed by atoms with E-state index < -0.39 is 10.0 Å². The van der Waals surface area contributed by atoms with Gasteiger partial charge in [-0.2, -0.15) is 0 Å². The molecule has 3 aromatic carbocycles. The highest BCUT2D eigenvalue weighted by Crippen LogP contribution is 2.35. The van der Waals surface area contributed by atoms with Gasteiger partial charge in [-0.25, -0.2) is 13.4 Å². The molecule has 0 radical (unpaired) electrons. The van der Waals surface area contributed by atoms with Crippen molar-refractivity contribution in [1.29, 1.82) is 0 Å². The van der Waals surface area contributed by atoms with Gasteiger partial charge in [0.05, 0.1) is 10.4 Å². The van der Waals surface area contributed by atoms with Crippen molar-refractivity contribution in [2.24, 2.45) is 0 Å². The van der Waals surface area contributed by atoms with Crippen molar-refractivity contribution in [3.05, 3.63) is 87.6 Å². The van der Waals surface area contributed by atoms with Crippen LogP contribution in [0.5, 0.6) is 0 Å². The average molecular weight is 438 g/mol. The van der Waals surface area contributed by atoms with E-state index in [4.69, 9.17) is 11.6 Å². The van der Waals surface area contributed by atoms with Crippen LogP contribution in [0.1, 0.15) is 11.1 Å². The number of hydrogen-bond donors (Lipinski definition) is 1. The number of sulfonamides is 1. The van der Waals surface area contributed by atoms with Crippen molar-refractivity contribution in [2.45, 2.75) is 18.7 Å². The monoisotopic (exact) mass is 437 g/mol. The Morgan fingerprint density at radius 3 is 2.20 bits per heavy atom. The molecule has 0 aliphatic heterocycles. The first kappa shape index (κ1) is 20.1. The summed E-state index contributed by atoms with van der Waals surface area (Å²) >= 11 is 5.95. The molecule has 0 aliphatic carbocycles. The van der Waals surface area contributed by atoms with Crippen molar-refractivity contribution in [2.75, 3.05) is 5.32 Å². The minimum Gasteiger partial charge on any atom is -0.431 e. The molecule has 152 valence electrons. The van der Waals surface area contributed by atoms with Gasteiger partial charge in [0.15, 0.2) is 0 Å². The second-order valence-corrected chi connectivity index (χ2v) is 8.87. The van der Waals surface area contributed by atoms with Crippen LogP contribution >= 0.6 is 11.6 Å². The highest BCUT2D eigenvalue weighted by molar-refractivity contribution is 7.94. The number of anilines is 2. The number of halogens is 1. The lowest BCUT2D eigenvalue weighted by molar-refractivity contribution is 0.603. The van der Waals surface area contributed by atoms with Gasteiger partial charge in [-0.3, -0.25) is 0 Å². The van der Waals surface area contributed by atoms with Gasteiger partial charge < -0.3 is 15.0 Å². The molecule has 0 fully saturated rings. The van der Waals surface area contributed by atoms with Gasteiger partial charge in [0, 0.05) is 10.7 Å². The molecule has 1 aromatic heterocycles. The lowest BCUT2D eigenvalue weighted by atomic mass is 10.1. The van der Waals surface area contributed by atoms with E-state index in [-0.39, 0.29) is 16.5 Å². The fraction of sp³-hybridized carbons (Fsp3) is 0.0909. The maximum Gasteiger partial charge on any atom is 0.202 e. The summed E-state index contributed by atoms with van der Waals surface area (Å²) in [5.41, 5.74) is 3.73. The van der Waals surface area contributed by atoms with Crippen LogP contribution in [-0.2, 0) is 10.0 Å². The predicted molar refractivity (Wildman–Crippen MR) is 120 cm³/mol. The summed E-state index contributed by atoms with van der Waals surface area (Å²) in [6.07, 6.45) is 0. The van der Waals surface area contributed by atoms with E-state index in [1.54, 1.807) is 54.6 Å². The molecule has 0 aliphatic rings. The topological polar surface area (TPSA) is 86.1 Å². The molecular formula is C22H18ClN4O2S-. The first-order valence-electron chi connectivity index (χ1n) is 9.16. The number of hydrogen-bond acceptors (Lipinski definition) is 5. The summed E-state index contributed by atoms with van der Waals surface area (Å²) in [6, 6.07) is 19.1. The third-order valence-electron chi connectivity index (χ3n) is 4.64. The van der Waals surface area contributed by atoms with Gasteiger partial charge in [-0.1, -0.05) is 35.9 Å². The number of nitrogens with one attached hydrogen (secondary N) is 1. The third kappa shape index (κ3) is 4.22. The van der Waals surface area contributed by atoms with Gasteiger partial charge in [-0.05, 0) is 78.8 Å². The number of para-hydroxylation sites is 2. The highest BCUT2D eigenvalue weighted by Gasteiger charge is 2.13. The molecule has 4 aromatic rings. The van der Waals surface area contributed by atoms with Crippen molar-refractivity contribution < 1.29 is 8.42 Å². The summed E-state index contributed by atoms with van der Waals surface area (Å²) in [6.45, 7) is 3.78. The molecule has 30 heavy (non-hydrogen) atoms. The van der Waals surface area contributed by atoms with Crippen LogP contribution in [0.2, 0.25) is 5.02 Å². The quantitative estimate of drug-likeness (QED) is 0.411. The highest BCUT2D eigenvalue weighted by atomic mass is 35.5. The van der Waals surface area contributed by atoms with Crippen molar-refractivity contribution >= 4 is 50.0 Å². The van der Waals surface area contributed by atoms with Gasteiger partial charge in [0.2, 0.25) is 10.0 Å². The lowest BCUT2D eigenvalue weighted by Gasteiger charge is -2.21. The first-order chi connectivity index (χ1) is 14.3. The van der Waals surface area contributed by atoms with Crippen LogP contribution in [0.25, 0.3) is 15.8 Å². The summed E-state index contributed by atoms with van der Waals surface area (Å²) in [7, 11) is -3.98. The number of aryl methyl sites for hydroxylation is 2. The van der Waals surface area contributed by atoms with E-state index in [9.17, 15) is 8.42 Å². The molecular weight excluding hydrogens is 420 g/mol. The number of nitrogens with zero attached hydrogens (tertiary/aromatic N) is 3. The Balaban J connectivity index is 1.77. The van der Waals surface area contributed by atoms with Crippen LogP contribution in [0.4, 0.5) is 17.3 Å². The molecule has 0 amide bonds. The molecule has 0 unspecified atom stereocenters. The Morgan fingerprint density at radius 1 is 0.867 bits per heavy atom. The molecule has 0 saturated heterocycles. The Kier molecular flexibility index (Phi) is 5.32. The smallest absolute Gasteiger partial charge is 0.202 e. The summed E-state index contributed by atoms with van der Waals surface area (Å²) in [5.74, 6) is 0.227. The molecule has 0 spiro atoms. The third-order valence-corrected chi connectivity index (χ3v) is 6.16. The summed E-state index contributed by atoms with van der Waals surface area (Å²) in [5, 5.41) is 3.69. The zero-order chi connectivity index (χ0) is 21.3. The number of benzene rings is 3. The molecule has 0 bridgehead atoms. The number of fused-ring (bicyclic) bond motifs is 1. The fourth-order valence-corrected chi connectivity index (χ4v) is 4.00. The second kappa shape index (κ2) is 7.93. The largest absolute Gasteiger partial charge is 0.431 e. The molecule has 1 heterocycles. The van der Waals surface area contributed by atoms with E-state index in [0.717, 1.165) is 11.1 Å². The Bertz CT molecular complexity index is 1340. The van der Waals surface area contributed by atoms with Crippen LogP contribution in [0.3, 0.4) is 0 Å². The molecule has 0 saturated carbocycles. The summed E-state index contributed by atoms with van der Waals surface area (Å²) in [4.78, 5) is 9.09. The van der Waals surface area contributed by atoms with Crippen LogP contribution in [-0.4, -0.2) is 18.4 Å². The SMILES string of the molecule is Cc1ccc(S(=O)(=O)[N-]c2nc3ccccc3nc2Nc2ccc(Cl)cc2)cc1C. The van der Waals surface area contributed by atoms with E-state index in [1.165, 1.54) is 0 Å². The molecule has 0 atom stereocenters. The molecule has 6 nitrogen and oxygen atoms in total.